The van der Waals surface area contributed by atoms with E-state index in [-0.39, 0.29) is 28.5 Å². The molecule has 362 valence electrons. The highest BCUT2D eigenvalue weighted by molar-refractivity contribution is 7.93. The molecule has 0 unspecified atom stereocenters. The van der Waals surface area contributed by atoms with Crippen LogP contribution in [0.5, 0.6) is 11.5 Å². The molecular formula is C51H62ClN7O7S2. The number of sulfonamides is 1. The average molecular weight is 985 g/mol. The predicted octanol–water partition coefficient (Wildman–Crippen LogP) is 10.8. The van der Waals surface area contributed by atoms with Crippen LogP contribution in [-0.4, -0.2) is 88.6 Å². The number of anilines is 1. The number of carbonyl (C=O) groups excluding carboxylic acids is 1. The van der Waals surface area contributed by atoms with Gasteiger partial charge in [0.25, 0.3) is 21.6 Å². The summed E-state index contributed by atoms with van der Waals surface area (Å²) in [6, 6.07) is 20.8. The van der Waals surface area contributed by atoms with Gasteiger partial charge in [-0.05, 0) is 123 Å². The number of nitrogens with zero attached hydrogens (tertiary/aromatic N) is 5. The Hall–Kier alpha value is -5.29. The molecule has 1 aliphatic heterocycles. The van der Waals surface area contributed by atoms with Crippen LogP contribution in [0, 0.1) is 21.4 Å². The predicted molar refractivity (Wildman–Crippen MR) is 271 cm³/mol. The molecule has 0 radical (unpaired) electrons. The molecule has 5 aromatic rings. The third kappa shape index (κ3) is 11.8. The standard InChI is InChI=1S/C51H62ClN7O7S2/c1-5-67(63,6-2)55-41-16-8-35(9-17-41)7-10-37-13-19-44(31-47(37)59(61)62)68(64,65)56-50(60)45-20-18-42(30-48(45)66-43-29-38-22-24-53-49(38)54-33-43)58-27-25-57(26-28-58)34-39-21-23-51(3,4)32-46(39)36-11-14-40(52)15-12-36/h11-15,18-20,22,24,29-31,33,35,41H,5-10,16-17,21,23,25-28,32,34H2,1-4H3,(H,53,54)(H,56,60). The first kappa shape index (κ1) is 49.1. The average Bonchev–Trinajstić information content (AvgIpc) is 3.80. The highest BCUT2D eigenvalue weighted by Gasteiger charge is 2.31. The Morgan fingerprint density at radius 2 is 1.71 bits per heavy atom. The highest BCUT2D eigenvalue weighted by Crippen LogP contribution is 2.44. The number of amides is 1. The zero-order valence-electron chi connectivity index (χ0n) is 39.3. The molecule has 3 aromatic carbocycles. The lowest BCUT2D eigenvalue weighted by Crippen LogP contribution is -2.47. The number of pyridine rings is 1. The zero-order valence-corrected chi connectivity index (χ0v) is 41.7. The number of nitrogens with one attached hydrogen (secondary N) is 2. The molecule has 68 heavy (non-hydrogen) atoms. The summed E-state index contributed by atoms with van der Waals surface area (Å²) < 4.78 is 53.8. The van der Waals surface area contributed by atoms with E-state index in [0.717, 1.165) is 99.8 Å². The second-order valence-corrected chi connectivity index (χ2v) is 24.2. The lowest BCUT2D eigenvalue weighted by Gasteiger charge is -2.39. The van der Waals surface area contributed by atoms with Gasteiger partial charge < -0.3 is 14.6 Å². The molecule has 0 spiro atoms. The lowest BCUT2D eigenvalue weighted by molar-refractivity contribution is -0.385. The summed E-state index contributed by atoms with van der Waals surface area (Å²) >= 11 is 6.25. The molecule has 2 N–H and O–H groups in total. The third-order valence-corrected chi connectivity index (χ3v) is 18.1. The maximum absolute atomic E-state index is 14.0. The number of aromatic amines is 1. The number of aryl methyl sites for hydroxylation is 1. The van der Waals surface area contributed by atoms with Crippen molar-refractivity contribution in [3.63, 3.8) is 0 Å². The highest BCUT2D eigenvalue weighted by atomic mass is 35.5. The number of aromatic nitrogens is 2. The van der Waals surface area contributed by atoms with Gasteiger partial charge in [-0.15, -0.1) is 0 Å². The normalized spacial score (nSPS) is 19.2. The summed E-state index contributed by atoms with van der Waals surface area (Å²) in [5, 5.41) is 13.8. The Morgan fingerprint density at radius 1 is 0.971 bits per heavy atom. The fraction of sp³-hybridized carbons (Fsp3) is 0.451. The second-order valence-electron chi connectivity index (χ2n) is 19.2. The van der Waals surface area contributed by atoms with E-state index in [2.05, 4.69) is 54.8 Å². The Balaban J connectivity index is 0.967. The van der Waals surface area contributed by atoms with E-state index < -0.39 is 35.5 Å². The number of halogens is 1. The van der Waals surface area contributed by atoms with E-state index in [1.807, 2.05) is 32.0 Å². The summed E-state index contributed by atoms with van der Waals surface area (Å²) in [4.78, 5) is 37.6. The van der Waals surface area contributed by atoms with Gasteiger partial charge in [-0.25, -0.2) is 26.7 Å². The number of hydrogen-bond donors (Lipinski definition) is 2. The third-order valence-electron chi connectivity index (χ3n) is 14.0. The molecular weight excluding hydrogens is 922 g/mol. The smallest absolute Gasteiger partial charge is 0.273 e. The number of piperazine rings is 1. The topological polar surface area (TPSA) is 180 Å². The second kappa shape index (κ2) is 20.7. The van der Waals surface area contributed by atoms with E-state index in [1.165, 1.54) is 35.0 Å². The summed E-state index contributed by atoms with van der Waals surface area (Å²) in [7, 11) is -6.74. The van der Waals surface area contributed by atoms with Crippen molar-refractivity contribution in [1.82, 2.24) is 19.6 Å². The maximum Gasteiger partial charge on any atom is 0.273 e. The number of benzene rings is 3. The van der Waals surface area contributed by atoms with Crippen molar-refractivity contribution in [2.75, 3.05) is 49.1 Å². The van der Waals surface area contributed by atoms with Crippen LogP contribution in [0.3, 0.4) is 0 Å². The quantitative estimate of drug-likeness (QED) is 0.0713. The molecule has 3 heterocycles. The van der Waals surface area contributed by atoms with Crippen LogP contribution in [0.2, 0.25) is 5.02 Å². The van der Waals surface area contributed by atoms with Crippen LogP contribution in [0.1, 0.15) is 101 Å². The van der Waals surface area contributed by atoms with E-state index in [0.29, 0.717) is 47.2 Å². The number of fused-ring (bicyclic) bond motifs is 1. The molecule has 0 atom stereocenters. The van der Waals surface area contributed by atoms with Crippen molar-refractivity contribution >= 4 is 65.2 Å². The van der Waals surface area contributed by atoms with Gasteiger partial charge in [-0.1, -0.05) is 63.1 Å². The lowest BCUT2D eigenvalue weighted by atomic mass is 9.72. The number of hydrogen-bond acceptors (Lipinski definition) is 11. The first-order valence-corrected chi connectivity index (χ1v) is 27.5. The number of carbonyl (C=O) groups is 1. The van der Waals surface area contributed by atoms with Crippen molar-refractivity contribution in [2.45, 2.75) is 96.4 Å². The van der Waals surface area contributed by atoms with Gasteiger partial charge in [0, 0.05) is 93.9 Å². The van der Waals surface area contributed by atoms with Crippen LogP contribution in [0.4, 0.5) is 11.4 Å². The molecule has 3 aliphatic rings. The molecule has 17 heteroatoms. The Morgan fingerprint density at radius 3 is 2.41 bits per heavy atom. The van der Waals surface area contributed by atoms with Gasteiger partial charge in [0.05, 0.1) is 27.6 Å². The first-order chi connectivity index (χ1) is 32.5. The maximum atomic E-state index is 14.0. The number of rotatable bonds is 16. The Kier molecular flexibility index (Phi) is 15.0. The molecule has 1 saturated heterocycles. The van der Waals surface area contributed by atoms with Crippen LogP contribution in [0.15, 0.2) is 100 Å². The van der Waals surface area contributed by atoms with Gasteiger partial charge >= 0.3 is 0 Å². The van der Waals surface area contributed by atoms with E-state index in [1.54, 1.807) is 30.5 Å². The largest absolute Gasteiger partial charge is 0.455 e. The minimum atomic E-state index is -4.57. The SMILES string of the molecule is CCS(=O)(CC)=NC1CCC(CCc2ccc(S(=O)(=O)NC(=O)c3ccc(N4CCN(CC5=C(c6ccc(Cl)cc6)CC(C)(C)CC5)CC4)cc3Oc3cnc4[nH]ccc4c3)cc2[N+](=O)[O-])CC1. The molecule has 0 bridgehead atoms. The Bertz CT molecular complexity index is 2920. The molecule has 8 rings (SSSR count). The molecule has 14 nitrogen and oxygen atoms in total. The van der Waals surface area contributed by atoms with Gasteiger partial charge in [-0.2, -0.15) is 0 Å². The van der Waals surface area contributed by atoms with E-state index >= 15 is 0 Å². The van der Waals surface area contributed by atoms with Crippen molar-refractivity contribution in [3.8, 4) is 11.5 Å². The van der Waals surface area contributed by atoms with Crippen LogP contribution in [0.25, 0.3) is 16.6 Å². The molecule has 2 aliphatic carbocycles. The fourth-order valence-corrected chi connectivity index (χ4v) is 12.4. The minimum absolute atomic E-state index is 0.0348. The molecule has 1 amide bonds. The van der Waals surface area contributed by atoms with Gasteiger partial charge in [-0.3, -0.25) is 19.8 Å². The number of allylic oxidation sites excluding steroid dienone is 1. The van der Waals surface area contributed by atoms with Gasteiger partial charge in [0.1, 0.15) is 17.1 Å². The van der Waals surface area contributed by atoms with Crippen molar-refractivity contribution in [2.24, 2.45) is 15.7 Å². The van der Waals surface area contributed by atoms with Crippen LogP contribution >= 0.6 is 11.6 Å². The zero-order chi connectivity index (χ0) is 48.2. The first-order valence-electron chi connectivity index (χ1n) is 23.8. The van der Waals surface area contributed by atoms with Crippen LogP contribution in [-0.2, 0) is 26.2 Å². The fourth-order valence-electron chi connectivity index (χ4n) is 9.83. The molecule has 2 fully saturated rings. The summed E-state index contributed by atoms with van der Waals surface area (Å²) in [5.41, 5.74) is 5.86. The molecule has 1 saturated carbocycles. The van der Waals surface area contributed by atoms with Crippen molar-refractivity contribution in [3.05, 3.63) is 123 Å². The summed E-state index contributed by atoms with van der Waals surface area (Å²) in [6.45, 7) is 12.4. The van der Waals surface area contributed by atoms with E-state index in [9.17, 15) is 27.5 Å². The van der Waals surface area contributed by atoms with E-state index in [4.69, 9.17) is 16.3 Å². The van der Waals surface area contributed by atoms with Gasteiger partial charge in [0.15, 0.2) is 0 Å². The van der Waals surface area contributed by atoms with Gasteiger partial charge in [0.2, 0.25) is 0 Å². The van der Waals surface area contributed by atoms with Crippen molar-refractivity contribution < 1.29 is 27.1 Å². The van der Waals surface area contributed by atoms with Crippen molar-refractivity contribution in [1.29, 1.82) is 0 Å². The summed E-state index contributed by atoms with van der Waals surface area (Å²) in [5.74, 6) is 0.938. The number of nitro groups is 1. The number of ether oxygens (including phenoxy) is 1. The number of H-pyrrole nitrogens is 1. The minimum Gasteiger partial charge on any atom is -0.455 e. The monoisotopic (exact) mass is 983 g/mol. The summed E-state index contributed by atoms with van der Waals surface area (Å²) in [6.07, 6.45) is 11.0. The van der Waals surface area contributed by atoms with Crippen LogP contribution < -0.4 is 14.4 Å². The Labute approximate surface area is 405 Å². The molecule has 2 aromatic heterocycles. The number of nitro benzene ring substituents is 1.